The van der Waals surface area contributed by atoms with Gasteiger partial charge in [0.15, 0.2) is 0 Å². The Balaban J connectivity index is 2.20. The molecular weight excluding hydrogens is 294 g/mol. The van der Waals surface area contributed by atoms with E-state index in [0.717, 1.165) is 24.3 Å². The van der Waals surface area contributed by atoms with Gasteiger partial charge in [0.1, 0.15) is 17.3 Å². The van der Waals surface area contributed by atoms with Crippen LogP contribution in [-0.4, -0.2) is 29.6 Å². The fraction of sp³-hybridized carbons (Fsp3) is 0.500. The Morgan fingerprint density at radius 3 is 2.65 bits per heavy atom. The van der Waals surface area contributed by atoms with Gasteiger partial charge in [-0.1, -0.05) is 6.42 Å². The Morgan fingerprint density at radius 2 is 2.09 bits per heavy atom. The van der Waals surface area contributed by atoms with E-state index in [9.17, 15) is 4.79 Å². The SMILES string of the molecule is Cc1nc(/C(N)=C(\NC=O)N(C)N)ccc1OC1CCCCC1. The largest absolute Gasteiger partial charge is 0.489 e. The van der Waals surface area contributed by atoms with Crippen LogP contribution in [-0.2, 0) is 4.79 Å². The van der Waals surface area contributed by atoms with E-state index in [-0.39, 0.29) is 6.10 Å². The molecular formula is C16H25N5O2. The average molecular weight is 319 g/mol. The van der Waals surface area contributed by atoms with Gasteiger partial charge in [-0.2, -0.15) is 0 Å². The highest BCUT2D eigenvalue weighted by atomic mass is 16.5. The molecule has 1 amide bonds. The van der Waals surface area contributed by atoms with Gasteiger partial charge < -0.3 is 15.8 Å². The second-order valence-electron chi connectivity index (χ2n) is 5.79. The average Bonchev–Trinajstić information content (AvgIpc) is 2.54. The van der Waals surface area contributed by atoms with Gasteiger partial charge in [0.2, 0.25) is 6.41 Å². The first-order valence-corrected chi connectivity index (χ1v) is 7.86. The van der Waals surface area contributed by atoms with Crippen LogP contribution < -0.4 is 21.6 Å². The lowest BCUT2D eigenvalue weighted by Gasteiger charge is -2.24. The Morgan fingerprint density at radius 1 is 1.39 bits per heavy atom. The summed E-state index contributed by atoms with van der Waals surface area (Å²) in [5, 5.41) is 3.73. The summed E-state index contributed by atoms with van der Waals surface area (Å²) in [5.41, 5.74) is 7.67. The lowest BCUT2D eigenvalue weighted by molar-refractivity contribution is -0.109. The molecule has 0 aliphatic heterocycles. The van der Waals surface area contributed by atoms with Crippen molar-refractivity contribution in [2.75, 3.05) is 7.05 Å². The minimum atomic E-state index is 0.269. The van der Waals surface area contributed by atoms with Gasteiger partial charge in [0.05, 0.1) is 17.5 Å². The number of aryl methyl sites for hydroxylation is 1. The molecule has 0 spiro atoms. The highest BCUT2D eigenvalue weighted by Gasteiger charge is 2.17. The van der Waals surface area contributed by atoms with Crippen LogP contribution in [0.25, 0.3) is 5.70 Å². The molecule has 1 aliphatic carbocycles. The number of pyridine rings is 1. The molecule has 0 bridgehead atoms. The number of hydrogen-bond donors (Lipinski definition) is 3. The first-order chi connectivity index (χ1) is 11.0. The summed E-state index contributed by atoms with van der Waals surface area (Å²) in [4.78, 5) is 15.2. The van der Waals surface area contributed by atoms with E-state index in [4.69, 9.17) is 16.3 Å². The summed E-state index contributed by atoms with van der Waals surface area (Å²) in [7, 11) is 1.59. The second kappa shape index (κ2) is 7.82. The molecule has 0 unspecified atom stereocenters. The molecule has 7 heteroatoms. The van der Waals surface area contributed by atoms with E-state index in [1.807, 2.05) is 13.0 Å². The molecule has 7 nitrogen and oxygen atoms in total. The van der Waals surface area contributed by atoms with Crippen LogP contribution in [0, 0.1) is 6.92 Å². The van der Waals surface area contributed by atoms with Crippen LogP contribution in [0.2, 0.25) is 0 Å². The molecule has 0 saturated heterocycles. The Kier molecular flexibility index (Phi) is 5.81. The molecule has 5 N–H and O–H groups in total. The zero-order valence-electron chi connectivity index (χ0n) is 13.7. The van der Waals surface area contributed by atoms with Gasteiger partial charge in [-0.3, -0.25) is 9.80 Å². The third kappa shape index (κ3) is 4.35. The fourth-order valence-corrected chi connectivity index (χ4v) is 2.73. The van der Waals surface area contributed by atoms with Crippen LogP contribution in [0.4, 0.5) is 0 Å². The van der Waals surface area contributed by atoms with Gasteiger partial charge in [-0.15, -0.1) is 0 Å². The van der Waals surface area contributed by atoms with Crippen molar-refractivity contribution in [2.24, 2.45) is 11.6 Å². The van der Waals surface area contributed by atoms with Crippen molar-refractivity contribution in [2.45, 2.75) is 45.1 Å². The lowest BCUT2D eigenvalue weighted by atomic mass is 9.98. The summed E-state index contributed by atoms with van der Waals surface area (Å²) in [6.07, 6.45) is 6.70. The van der Waals surface area contributed by atoms with E-state index in [0.29, 0.717) is 23.6 Å². The third-order valence-corrected chi connectivity index (χ3v) is 3.96. The Bertz CT molecular complexity index is 580. The highest BCUT2D eigenvalue weighted by molar-refractivity contribution is 5.66. The molecule has 23 heavy (non-hydrogen) atoms. The van der Waals surface area contributed by atoms with Crippen LogP contribution in [0.3, 0.4) is 0 Å². The van der Waals surface area contributed by atoms with E-state index in [2.05, 4.69) is 10.3 Å². The molecule has 1 saturated carbocycles. The molecule has 0 aromatic carbocycles. The van der Waals surface area contributed by atoms with Crippen molar-refractivity contribution in [3.05, 3.63) is 29.3 Å². The van der Waals surface area contributed by atoms with Crippen molar-refractivity contribution >= 4 is 12.1 Å². The summed E-state index contributed by atoms with van der Waals surface area (Å²) >= 11 is 0. The van der Waals surface area contributed by atoms with Crippen LogP contribution in [0.1, 0.15) is 43.5 Å². The summed E-state index contributed by atoms with van der Waals surface area (Å²) in [5.74, 6) is 6.75. The molecule has 1 aromatic heterocycles. The minimum absolute atomic E-state index is 0.269. The standard InChI is InChI=1S/C16H25N5O2/c1-11-14(23-12-6-4-3-5-7-12)9-8-13(20-11)15(17)16(19-10-22)21(2)18/h8-10,12H,3-7,17-18H2,1-2H3,(H,19,22)/b16-15-. The normalized spacial score (nSPS) is 16.5. The van der Waals surface area contributed by atoms with Gasteiger partial charge in [-0.05, 0) is 44.7 Å². The summed E-state index contributed by atoms with van der Waals surface area (Å²) < 4.78 is 6.05. The quantitative estimate of drug-likeness (QED) is 0.414. The first-order valence-electron chi connectivity index (χ1n) is 7.86. The smallest absolute Gasteiger partial charge is 0.212 e. The van der Waals surface area contributed by atoms with Crippen molar-refractivity contribution in [3.63, 3.8) is 0 Å². The highest BCUT2D eigenvalue weighted by Crippen LogP contribution is 2.26. The zero-order valence-corrected chi connectivity index (χ0v) is 13.7. The van der Waals surface area contributed by atoms with Crippen molar-refractivity contribution in [1.29, 1.82) is 0 Å². The van der Waals surface area contributed by atoms with Crippen molar-refractivity contribution in [3.8, 4) is 5.75 Å². The van der Waals surface area contributed by atoms with Crippen molar-refractivity contribution < 1.29 is 9.53 Å². The van der Waals surface area contributed by atoms with E-state index in [1.165, 1.54) is 24.3 Å². The monoisotopic (exact) mass is 319 g/mol. The van der Waals surface area contributed by atoms with Crippen LogP contribution in [0.5, 0.6) is 5.75 Å². The summed E-state index contributed by atoms with van der Waals surface area (Å²) in [6.45, 7) is 1.88. The topological polar surface area (TPSA) is 106 Å². The Labute approximate surface area is 136 Å². The Hall–Kier alpha value is -2.28. The number of ether oxygens (including phenoxy) is 1. The molecule has 1 fully saturated rings. The molecule has 2 rings (SSSR count). The van der Waals surface area contributed by atoms with Crippen LogP contribution in [0.15, 0.2) is 18.0 Å². The maximum atomic E-state index is 10.7. The van der Waals surface area contributed by atoms with E-state index >= 15 is 0 Å². The van der Waals surface area contributed by atoms with E-state index in [1.54, 1.807) is 13.1 Å². The number of rotatable bonds is 6. The summed E-state index contributed by atoms with van der Waals surface area (Å²) in [6, 6.07) is 3.64. The van der Waals surface area contributed by atoms with Crippen LogP contribution >= 0.6 is 0 Å². The number of carbonyl (C=O) groups is 1. The number of aromatic nitrogens is 1. The third-order valence-electron chi connectivity index (χ3n) is 3.96. The molecule has 0 atom stereocenters. The van der Waals surface area contributed by atoms with Gasteiger partial charge in [0.25, 0.3) is 0 Å². The number of nitrogens with two attached hydrogens (primary N) is 2. The number of nitrogens with zero attached hydrogens (tertiary/aromatic N) is 2. The number of amides is 1. The number of hydrogen-bond acceptors (Lipinski definition) is 6. The van der Waals surface area contributed by atoms with E-state index < -0.39 is 0 Å². The molecule has 1 aromatic rings. The predicted octanol–water partition coefficient (Wildman–Crippen LogP) is 1.24. The first kappa shape index (κ1) is 17.1. The van der Waals surface area contributed by atoms with Gasteiger partial charge in [-0.25, -0.2) is 10.8 Å². The maximum absolute atomic E-state index is 10.7. The zero-order chi connectivity index (χ0) is 16.8. The molecule has 0 radical (unpaired) electrons. The molecule has 126 valence electrons. The van der Waals surface area contributed by atoms with Crippen molar-refractivity contribution in [1.82, 2.24) is 15.3 Å². The number of nitrogens with one attached hydrogen (secondary N) is 1. The second-order valence-corrected chi connectivity index (χ2v) is 5.79. The number of carbonyl (C=O) groups excluding carboxylic acids is 1. The molecule has 1 heterocycles. The van der Waals surface area contributed by atoms with Gasteiger partial charge in [0, 0.05) is 7.05 Å². The molecule has 1 aliphatic rings. The van der Waals surface area contributed by atoms with Gasteiger partial charge >= 0.3 is 0 Å². The fourth-order valence-electron chi connectivity index (χ4n) is 2.73. The minimum Gasteiger partial charge on any atom is -0.489 e. The maximum Gasteiger partial charge on any atom is 0.212 e. The number of hydrazine groups is 1. The lowest BCUT2D eigenvalue weighted by Crippen LogP contribution is -2.35. The predicted molar refractivity (Wildman–Crippen MR) is 88.7 cm³/mol.